The van der Waals surface area contributed by atoms with Crippen molar-refractivity contribution in [2.24, 2.45) is 5.10 Å². The van der Waals surface area contributed by atoms with Crippen molar-refractivity contribution in [3.05, 3.63) is 58.6 Å². The van der Waals surface area contributed by atoms with Gasteiger partial charge in [-0.1, -0.05) is 23.7 Å². The van der Waals surface area contributed by atoms with Gasteiger partial charge in [0, 0.05) is 10.6 Å². The van der Waals surface area contributed by atoms with E-state index in [1.54, 1.807) is 36.4 Å². The number of carbonyl (C=O) groups excluding carboxylic acids is 2. The van der Waals surface area contributed by atoms with Crippen LogP contribution in [0.2, 0.25) is 5.02 Å². The van der Waals surface area contributed by atoms with Crippen LogP contribution in [0, 0.1) is 6.92 Å². The number of amides is 2. The molecule has 0 aliphatic carbocycles. The number of carbonyl (C=O) groups is 2. The second kappa shape index (κ2) is 9.43. The van der Waals surface area contributed by atoms with E-state index in [0.29, 0.717) is 16.3 Å². The van der Waals surface area contributed by atoms with Crippen LogP contribution in [0.15, 0.2) is 47.6 Å². The quantitative estimate of drug-likeness (QED) is 0.509. The zero-order valence-corrected chi connectivity index (χ0v) is 14.8. The molecular formula is C18H18ClN3O4. The lowest BCUT2D eigenvalue weighted by Gasteiger charge is -2.09. The van der Waals surface area contributed by atoms with Crippen LogP contribution in [0.1, 0.15) is 11.1 Å². The smallest absolute Gasteiger partial charge is 0.259 e. The molecule has 3 N–H and O–H groups in total. The number of para-hydroxylation sites is 1. The zero-order chi connectivity index (χ0) is 18.9. The normalized spacial score (nSPS) is 10.5. The van der Waals surface area contributed by atoms with Crippen LogP contribution in [0.4, 0.5) is 0 Å². The van der Waals surface area contributed by atoms with Gasteiger partial charge in [0.25, 0.3) is 11.8 Å². The van der Waals surface area contributed by atoms with Gasteiger partial charge in [-0.25, -0.2) is 5.43 Å². The molecule has 0 spiro atoms. The molecule has 0 unspecified atom stereocenters. The van der Waals surface area contributed by atoms with E-state index in [-0.39, 0.29) is 18.9 Å². The Morgan fingerprint density at radius 2 is 2.00 bits per heavy atom. The van der Waals surface area contributed by atoms with Gasteiger partial charge >= 0.3 is 0 Å². The maximum Gasteiger partial charge on any atom is 0.259 e. The van der Waals surface area contributed by atoms with E-state index in [0.717, 1.165) is 5.56 Å². The molecule has 0 saturated carbocycles. The first-order valence-corrected chi connectivity index (χ1v) is 8.09. The summed E-state index contributed by atoms with van der Waals surface area (Å²) in [5.41, 5.74) is 3.52. The SMILES string of the molecule is Cc1cc(Cl)ccc1OCC(=O)NCC(=O)N/N=C/c1ccccc1O. The molecule has 7 nitrogen and oxygen atoms in total. The molecule has 0 aliphatic rings. The third kappa shape index (κ3) is 6.10. The minimum Gasteiger partial charge on any atom is -0.507 e. The number of ether oxygens (including phenoxy) is 1. The second-order valence-electron chi connectivity index (χ2n) is 5.33. The first-order chi connectivity index (χ1) is 12.5. The highest BCUT2D eigenvalue weighted by molar-refractivity contribution is 6.30. The van der Waals surface area contributed by atoms with Gasteiger partial charge in [-0.2, -0.15) is 5.10 Å². The molecule has 8 heteroatoms. The molecule has 0 radical (unpaired) electrons. The van der Waals surface area contributed by atoms with Gasteiger partial charge in [0.1, 0.15) is 11.5 Å². The average molecular weight is 376 g/mol. The maximum atomic E-state index is 11.7. The topological polar surface area (TPSA) is 100 Å². The fourth-order valence-corrected chi connectivity index (χ4v) is 2.18. The van der Waals surface area contributed by atoms with E-state index in [1.165, 1.54) is 12.3 Å². The Morgan fingerprint density at radius 3 is 2.73 bits per heavy atom. The second-order valence-corrected chi connectivity index (χ2v) is 5.76. The van der Waals surface area contributed by atoms with Gasteiger partial charge in [0.15, 0.2) is 6.61 Å². The number of nitrogens with one attached hydrogen (secondary N) is 2. The minimum atomic E-state index is -0.507. The van der Waals surface area contributed by atoms with Crippen molar-refractivity contribution in [3.63, 3.8) is 0 Å². The summed E-state index contributed by atoms with van der Waals surface area (Å²) in [7, 11) is 0. The van der Waals surface area contributed by atoms with Crippen LogP contribution >= 0.6 is 11.6 Å². The zero-order valence-electron chi connectivity index (χ0n) is 14.0. The molecule has 0 bridgehead atoms. The Kier molecular flexibility index (Phi) is 6.99. The summed E-state index contributed by atoms with van der Waals surface area (Å²) < 4.78 is 5.38. The van der Waals surface area contributed by atoms with E-state index >= 15 is 0 Å². The van der Waals surface area contributed by atoms with Gasteiger partial charge in [-0.3, -0.25) is 9.59 Å². The molecule has 0 atom stereocenters. The highest BCUT2D eigenvalue weighted by Gasteiger charge is 2.07. The van der Waals surface area contributed by atoms with E-state index < -0.39 is 11.8 Å². The minimum absolute atomic E-state index is 0.0495. The van der Waals surface area contributed by atoms with Crippen LogP contribution in [0.5, 0.6) is 11.5 Å². The summed E-state index contributed by atoms with van der Waals surface area (Å²) in [6, 6.07) is 11.6. The molecule has 0 saturated heterocycles. The number of hydrogen-bond donors (Lipinski definition) is 3. The number of halogens is 1. The predicted molar refractivity (Wildman–Crippen MR) is 98.5 cm³/mol. The van der Waals surface area contributed by atoms with Gasteiger partial charge in [0.05, 0.1) is 12.8 Å². The number of phenolic OH excluding ortho intramolecular Hbond substituents is 1. The Morgan fingerprint density at radius 1 is 1.23 bits per heavy atom. The Hall–Kier alpha value is -3.06. The van der Waals surface area contributed by atoms with Crippen LogP contribution in [0.25, 0.3) is 0 Å². The molecule has 2 aromatic carbocycles. The lowest BCUT2D eigenvalue weighted by Crippen LogP contribution is -2.37. The van der Waals surface area contributed by atoms with Crippen molar-refractivity contribution >= 4 is 29.6 Å². The number of aromatic hydroxyl groups is 1. The largest absolute Gasteiger partial charge is 0.507 e. The highest BCUT2D eigenvalue weighted by Crippen LogP contribution is 2.21. The number of aryl methyl sites for hydroxylation is 1. The predicted octanol–water partition coefficient (Wildman–Crippen LogP) is 2.00. The average Bonchev–Trinajstić information content (AvgIpc) is 2.61. The molecule has 2 aromatic rings. The summed E-state index contributed by atoms with van der Waals surface area (Å²) in [4.78, 5) is 23.4. The first-order valence-electron chi connectivity index (χ1n) is 7.71. The monoisotopic (exact) mass is 375 g/mol. The van der Waals surface area contributed by atoms with Crippen molar-refractivity contribution in [1.29, 1.82) is 0 Å². The maximum absolute atomic E-state index is 11.7. The van der Waals surface area contributed by atoms with Crippen molar-refractivity contribution in [1.82, 2.24) is 10.7 Å². The highest BCUT2D eigenvalue weighted by atomic mass is 35.5. The molecular weight excluding hydrogens is 358 g/mol. The van der Waals surface area contributed by atoms with Crippen LogP contribution in [0.3, 0.4) is 0 Å². The van der Waals surface area contributed by atoms with Crippen molar-refractivity contribution in [2.75, 3.05) is 13.2 Å². The third-order valence-electron chi connectivity index (χ3n) is 3.27. The summed E-state index contributed by atoms with van der Waals surface area (Å²) in [5.74, 6) is -0.360. The summed E-state index contributed by atoms with van der Waals surface area (Å²) in [6.07, 6.45) is 1.31. The summed E-state index contributed by atoms with van der Waals surface area (Å²) >= 11 is 5.85. The van der Waals surface area contributed by atoms with Crippen LogP contribution in [-0.4, -0.2) is 36.3 Å². The first kappa shape index (κ1) is 19.3. The van der Waals surface area contributed by atoms with Gasteiger partial charge in [-0.05, 0) is 42.8 Å². The van der Waals surface area contributed by atoms with E-state index in [9.17, 15) is 14.7 Å². The Labute approximate surface area is 155 Å². The van der Waals surface area contributed by atoms with Crippen molar-refractivity contribution < 1.29 is 19.4 Å². The Balaban J connectivity index is 1.71. The van der Waals surface area contributed by atoms with Gasteiger partial charge in [-0.15, -0.1) is 0 Å². The van der Waals surface area contributed by atoms with Gasteiger partial charge in [0.2, 0.25) is 0 Å². The molecule has 0 heterocycles. The lowest BCUT2D eigenvalue weighted by atomic mass is 10.2. The number of phenols is 1. The van der Waals surface area contributed by atoms with Crippen molar-refractivity contribution in [3.8, 4) is 11.5 Å². The number of benzene rings is 2. The lowest BCUT2D eigenvalue weighted by molar-refractivity contribution is -0.127. The van der Waals surface area contributed by atoms with E-state index in [1.807, 2.05) is 6.92 Å². The number of hydrazone groups is 1. The molecule has 136 valence electrons. The number of nitrogens with zero attached hydrogens (tertiary/aromatic N) is 1. The molecule has 2 amide bonds. The molecule has 0 aliphatic heterocycles. The van der Waals surface area contributed by atoms with E-state index in [4.69, 9.17) is 16.3 Å². The molecule has 2 rings (SSSR count). The summed E-state index contributed by atoms with van der Waals surface area (Å²) in [5, 5.41) is 16.3. The van der Waals surface area contributed by atoms with E-state index in [2.05, 4.69) is 15.8 Å². The molecule has 26 heavy (non-hydrogen) atoms. The Bertz CT molecular complexity index is 824. The number of rotatable bonds is 7. The summed E-state index contributed by atoms with van der Waals surface area (Å²) in [6.45, 7) is 1.34. The van der Waals surface area contributed by atoms with Crippen molar-refractivity contribution in [2.45, 2.75) is 6.92 Å². The molecule has 0 aromatic heterocycles. The van der Waals surface area contributed by atoms with Crippen LogP contribution < -0.4 is 15.5 Å². The van der Waals surface area contributed by atoms with Gasteiger partial charge < -0.3 is 15.2 Å². The van der Waals surface area contributed by atoms with Crippen LogP contribution in [-0.2, 0) is 9.59 Å². The third-order valence-corrected chi connectivity index (χ3v) is 3.51. The molecule has 0 fully saturated rings. The standard InChI is InChI=1S/C18H18ClN3O4/c1-12-8-14(19)6-7-16(12)26-11-18(25)20-10-17(24)22-21-9-13-4-2-3-5-15(13)23/h2-9,23H,10-11H2,1H3,(H,20,25)(H,22,24)/b21-9+. The number of hydrogen-bond acceptors (Lipinski definition) is 5. The fraction of sp³-hybridized carbons (Fsp3) is 0.167. The fourth-order valence-electron chi connectivity index (χ4n) is 1.96.